The van der Waals surface area contributed by atoms with Gasteiger partial charge in [-0.1, -0.05) is 17.3 Å². The van der Waals surface area contributed by atoms with Gasteiger partial charge in [0.2, 0.25) is 0 Å². The lowest BCUT2D eigenvalue weighted by Crippen LogP contribution is -2.14. The first-order valence-corrected chi connectivity index (χ1v) is 8.42. The molecule has 1 heterocycles. The van der Waals surface area contributed by atoms with Gasteiger partial charge >= 0.3 is 0 Å². The first-order chi connectivity index (χ1) is 12.0. The van der Waals surface area contributed by atoms with E-state index in [2.05, 4.69) is 10.5 Å². The number of benzene rings is 2. The van der Waals surface area contributed by atoms with Crippen molar-refractivity contribution < 1.29 is 18.1 Å². The highest BCUT2D eigenvalue weighted by Gasteiger charge is 2.15. The van der Waals surface area contributed by atoms with Gasteiger partial charge in [0.25, 0.3) is 5.91 Å². The number of carbonyl (C=O) groups is 1. The van der Waals surface area contributed by atoms with Crippen molar-refractivity contribution in [2.45, 2.75) is 17.6 Å². The predicted molar refractivity (Wildman–Crippen MR) is 91.6 cm³/mol. The molecule has 3 rings (SSSR count). The van der Waals surface area contributed by atoms with Crippen molar-refractivity contribution in [1.29, 1.82) is 0 Å². The Morgan fingerprint density at radius 3 is 2.76 bits per heavy atom. The van der Waals surface area contributed by atoms with Gasteiger partial charge in [-0.25, -0.2) is 8.78 Å². The molecule has 1 aromatic heterocycles. The molecular formula is C18H14F2N2O2S. The van der Waals surface area contributed by atoms with E-state index < -0.39 is 17.5 Å². The Morgan fingerprint density at radius 2 is 2.00 bits per heavy atom. The molecule has 128 valence electrons. The van der Waals surface area contributed by atoms with Crippen LogP contribution in [0.25, 0.3) is 0 Å². The fourth-order valence-corrected chi connectivity index (χ4v) is 3.12. The lowest BCUT2D eigenvalue weighted by Gasteiger charge is -2.10. The molecule has 0 aliphatic heterocycles. The third-order valence-electron chi connectivity index (χ3n) is 3.35. The maximum atomic E-state index is 13.7. The summed E-state index contributed by atoms with van der Waals surface area (Å²) in [7, 11) is 0. The summed E-state index contributed by atoms with van der Waals surface area (Å²) in [4.78, 5) is 13.2. The fourth-order valence-electron chi connectivity index (χ4n) is 2.20. The lowest BCUT2D eigenvalue weighted by atomic mass is 10.2. The number of anilines is 1. The number of hydrogen-bond acceptors (Lipinski definition) is 4. The molecule has 0 unspecified atom stereocenters. The summed E-state index contributed by atoms with van der Waals surface area (Å²) in [6.45, 7) is 1.83. The summed E-state index contributed by atoms with van der Waals surface area (Å²) in [6.07, 6.45) is 0. The fraction of sp³-hybridized carbons (Fsp3) is 0.111. The predicted octanol–water partition coefficient (Wildman–Crippen LogP) is 4.81. The lowest BCUT2D eigenvalue weighted by molar-refractivity contribution is 0.102. The van der Waals surface area contributed by atoms with E-state index in [4.69, 9.17) is 4.52 Å². The van der Waals surface area contributed by atoms with E-state index in [1.54, 1.807) is 24.3 Å². The standard InChI is InChI=1S/C18H14F2N2O2S/c1-11-8-13(24-22-11)10-25-17-5-3-2-4-14(17)18(23)21-16-9-12(19)6-7-15(16)20/h2-9H,10H2,1H3,(H,21,23). The number of amides is 1. The van der Waals surface area contributed by atoms with Crippen molar-refractivity contribution in [3.05, 3.63) is 77.2 Å². The monoisotopic (exact) mass is 360 g/mol. The molecule has 0 saturated heterocycles. The molecule has 0 saturated carbocycles. The minimum absolute atomic E-state index is 0.198. The molecule has 0 aliphatic rings. The van der Waals surface area contributed by atoms with Gasteiger partial charge in [0.1, 0.15) is 17.4 Å². The molecular weight excluding hydrogens is 346 g/mol. The zero-order chi connectivity index (χ0) is 17.8. The summed E-state index contributed by atoms with van der Waals surface area (Å²) < 4.78 is 32.1. The minimum atomic E-state index is -0.697. The van der Waals surface area contributed by atoms with Crippen LogP contribution in [0.3, 0.4) is 0 Å². The molecule has 0 spiro atoms. The number of rotatable bonds is 5. The van der Waals surface area contributed by atoms with Gasteiger partial charge < -0.3 is 9.84 Å². The van der Waals surface area contributed by atoms with Crippen LogP contribution in [0.4, 0.5) is 14.5 Å². The second-order valence-electron chi connectivity index (χ2n) is 5.30. The third kappa shape index (κ3) is 4.24. The Labute approximate surface area is 147 Å². The number of carbonyl (C=O) groups excluding carboxylic acids is 1. The highest BCUT2D eigenvalue weighted by Crippen LogP contribution is 2.27. The van der Waals surface area contributed by atoms with Crippen LogP contribution in [0, 0.1) is 18.6 Å². The van der Waals surface area contributed by atoms with Gasteiger partial charge in [0.05, 0.1) is 22.7 Å². The van der Waals surface area contributed by atoms with Crippen LogP contribution in [0.2, 0.25) is 0 Å². The van der Waals surface area contributed by atoms with E-state index in [0.29, 0.717) is 22.0 Å². The van der Waals surface area contributed by atoms with Crippen LogP contribution in [0.5, 0.6) is 0 Å². The number of halogens is 2. The summed E-state index contributed by atoms with van der Waals surface area (Å²) in [6, 6.07) is 11.6. The van der Waals surface area contributed by atoms with Crippen molar-refractivity contribution in [2.75, 3.05) is 5.32 Å². The van der Waals surface area contributed by atoms with Crippen LogP contribution in [0.15, 0.2) is 57.9 Å². The molecule has 0 atom stereocenters. The SMILES string of the molecule is Cc1cc(CSc2ccccc2C(=O)Nc2cc(F)ccc2F)on1. The summed E-state index contributed by atoms with van der Waals surface area (Å²) in [5.41, 5.74) is 0.950. The molecule has 0 bridgehead atoms. The molecule has 3 aromatic rings. The first kappa shape index (κ1) is 17.2. The van der Waals surface area contributed by atoms with Gasteiger partial charge in [-0.3, -0.25) is 4.79 Å². The molecule has 25 heavy (non-hydrogen) atoms. The van der Waals surface area contributed by atoms with E-state index in [9.17, 15) is 13.6 Å². The van der Waals surface area contributed by atoms with Gasteiger partial charge in [0.15, 0.2) is 0 Å². The Hall–Kier alpha value is -2.67. The maximum absolute atomic E-state index is 13.7. The van der Waals surface area contributed by atoms with E-state index in [0.717, 1.165) is 23.9 Å². The Morgan fingerprint density at radius 1 is 1.20 bits per heavy atom. The minimum Gasteiger partial charge on any atom is -0.360 e. The average Bonchev–Trinajstić information content (AvgIpc) is 3.02. The second-order valence-corrected chi connectivity index (χ2v) is 6.31. The van der Waals surface area contributed by atoms with Crippen molar-refractivity contribution in [3.63, 3.8) is 0 Å². The molecule has 4 nitrogen and oxygen atoms in total. The molecule has 7 heteroatoms. The van der Waals surface area contributed by atoms with Gasteiger partial charge in [-0.15, -0.1) is 11.8 Å². The number of thioether (sulfide) groups is 1. The van der Waals surface area contributed by atoms with Gasteiger partial charge in [-0.2, -0.15) is 0 Å². The van der Waals surface area contributed by atoms with Gasteiger partial charge in [-0.05, 0) is 31.2 Å². The molecule has 0 fully saturated rings. The zero-order valence-electron chi connectivity index (χ0n) is 13.3. The highest BCUT2D eigenvalue weighted by atomic mass is 32.2. The first-order valence-electron chi connectivity index (χ1n) is 7.43. The molecule has 2 aromatic carbocycles. The summed E-state index contributed by atoms with van der Waals surface area (Å²) >= 11 is 1.40. The smallest absolute Gasteiger partial charge is 0.256 e. The van der Waals surface area contributed by atoms with Crippen molar-refractivity contribution in [3.8, 4) is 0 Å². The number of nitrogens with one attached hydrogen (secondary N) is 1. The number of aryl methyl sites for hydroxylation is 1. The van der Waals surface area contributed by atoms with E-state index in [-0.39, 0.29) is 5.69 Å². The van der Waals surface area contributed by atoms with Crippen molar-refractivity contribution >= 4 is 23.4 Å². The maximum Gasteiger partial charge on any atom is 0.256 e. The van der Waals surface area contributed by atoms with E-state index in [1.807, 2.05) is 13.0 Å². The number of hydrogen-bond donors (Lipinski definition) is 1. The quantitative estimate of drug-likeness (QED) is 0.664. The third-order valence-corrected chi connectivity index (χ3v) is 4.45. The molecule has 0 aliphatic carbocycles. The Bertz CT molecular complexity index is 912. The van der Waals surface area contributed by atoms with Crippen LogP contribution in [-0.2, 0) is 5.75 Å². The Balaban J connectivity index is 1.77. The van der Waals surface area contributed by atoms with Crippen LogP contribution in [-0.4, -0.2) is 11.1 Å². The largest absolute Gasteiger partial charge is 0.360 e. The van der Waals surface area contributed by atoms with Crippen LogP contribution in [0.1, 0.15) is 21.8 Å². The van der Waals surface area contributed by atoms with E-state index >= 15 is 0 Å². The summed E-state index contributed by atoms with van der Waals surface area (Å²) in [5, 5.41) is 6.22. The number of aromatic nitrogens is 1. The normalized spacial score (nSPS) is 10.7. The second kappa shape index (κ2) is 7.48. The van der Waals surface area contributed by atoms with Crippen LogP contribution >= 0.6 is 11.8 Å². The topological polar surface area (TPSA) is 55.1 Å². The molecule has 1 N–H and O–H groups in total. The highest BCUT2D eigenvalue weighted by molar-refractivity contribution is 7.98. The molecule has 1 amide bonds. The number of nitrogens with zero attached hydrogens (tertiary/aromatic N) is 1. The molecule has 0 radical (unpaired) electrons. The van der Waals surface area contributed by atoms with Crippen molar-refractivity contribution in [2.24, 2.45) is 0 Å². The van der Waals surface area contributed by atoms with E-state index in [1.165, 1.54) is 11.8 Å². The average molecular weight is 360 g/mol. The Kier molecular flexibility index (Phi) is 5.14. The summed E-state index contributed by atoms with van der Waals surface area (Å²) in [5.74, 6) is -0.647. The van der Waals surface area contributed by atoms with Gasteiger partial charge in [0, 0.05) is 17.0 Å². The van der Waals surface area contributed by atoms with Crippen molar-refractivity contribution in [1.82, 2.24) is 5.16 Å². The zero-order valence-corrected chi connectivity index (χ0v) is 14.1. The van der Waals surface area contributed by atoms with Crippen LogP contribution < -0.4 is 5.32 Å².